The van der Waals surface area contributed by atoms with E-state index >= 15 is 0 Å². The minimum atomic E-state index is -2.99. The first kappa shape index (κ1) is 10.2. The number of hydrogen-bond acceptors (Lipinski definition) is 3. The molecule has 1 rings (SSSR count). The molecule has 1 aromatic rings. The minimum Gasteiger partial charge on any atom is -0.264 e. The molecule has 0 saturated carbocycles. The molecule has 0 spiro atoms. The Hall–Kier alpha value is -0.900. The Kier molecular flexibility index (Phi) is 3.03. The molecule has 13 heavy (non-hydrogen) atoms. The van der Waals surface area contributed by atoms with Crippen molar-refractivity contribution in [3.8, 4) is 0 Å². The lowest BCUT2D eigenvalue weighted by Crippen LogP contribution is -2.12. The molecule has 1 unspecified atom stereocenters. The Balaban J connectivity index is 2.99. The van der Waals surface area contributed by atoms with Crippen molar-refractivity contribution in [2.75, 3.05) is 5.75 Å². The van der Waals surface area contributed by atoms with Crippen LogP contribution in [0.1, 0.15) is 24.7 Å². The van der Waals surface area contributed by atoms with Gasteiger partial charge in [-0.25, -0.2) is 8.42 Å². The molecule has 72 valence electrons. The fourth-order valence-corrected chi connectivity index (χ4v) is 2.13. The molecule has 0 amide bonds. The first-order valence-corrected chi connectivity index (χ1v) is 5.91. The highest BCUT2D eigenvalue weighted by molar-refractivity contribution is 7.91. The van der Waals surface area contributed by atoms with Crippen molar-refractivity contribution in [1.82, 2.24) is 4.98 Å². The number of pyridine rings is 1. The van der Waals surface area contributed by atoms with Crippen LogP contribution in [-0.2, 0) is 9.84 Å². The number of nitrogens with zero attached hydrogens (tertiary/aromatic N) is 1. The smallest absolute Gasteiger partial charge is 0.156 e. The van der Waals surface area contributed by atoms with Crippen LogP contribution in [0.3, 0.4) is 0 Å². The van der Waals surface area contributed by atoms with E-state index in [9.17, 15) is 8.42 Å². The minimum absolute atomic E-state index is 0.170. The van der Waals surface area contributed by atoms with Crippen LogP contribution in [0.5, 0.6) is 0 Å². The van der Waals surface area contributed by atoms with Gasteiger partial charge in [0.1, 0.15) is 0 Å². The van der Waals surface area contributed by atoms with Crippen LogP contribution in [0.15, 0.2) is 24.5 Å². The van der Waals surface area contributed by atoms with Crippen molar-refractivity contribution in [3.63, 3.8) is 0 Å². The first-order chi connectivity index (χ1) is 6.08. The third-order valence-corrected chi connectivity index (χ3v) is 4.25. The highest BCUT2D eigenvalue weighted by atomic mass is 32.2. The van der Waals surface area contributed by atoms with Crippen LogP contribution < -0.4 is 0 Å². The normalized spacial score (nSPS) is 14.0. The number of sulfone groups is 1. The first-order valence-electron chi connectivity index (χ1n) is 4.19. The summed E-state index contributed by atoms with van der Waals surface area (Å²) in [5.74, 6) is 0.170. The molecule has 1 heterocycles. The van der Waals surface area contributed by atoms with Gasteiger partial charge in [-0.1, -0.05) is 13.0 Å². The molecule has 0 radical (unpaired) electrons. The summed E-state index contributed by atoms with van der Waals surface area (Å²) in [6.07, 6.45) is 3.23. The molecule has 0 bridgehead atoms. The zero-order valence-electron chi connectivity index (χ0n) is 7.77. The van der Waals surface area contributed by atoms with E-state index in [-0.39, 0.29) is 5.75 Å². The molecular weight excluding hydrogens is 186 g/mol. The molecule has 3 nitrogen and oxygen atoms in total. The molecule has 0 saturated heterocycles. The van der Waals surface area contributed by atoms with Gasteiger partial charge < -0.3 is 0 Å². The van der Waals surface area contributed by atoms with E-state index in [2.05, 4.69) is 4.98 Å². The second-order valence-electron chi connectivity index (χ2n) is 2.88. The summed E-state index contributed by atoms with van der Waals surface area (Å²) in [6.45, 7) is 3.35. The Bertz CT molecular complexity index is 358. The summed E-state index contributed by atoms with van der Waals surface area (Å²) in [6, 6.07) is 3.53. The molecule has 0 aliphatic carbocycles. The van der Waals surface area contributed by atoms with E-state index in [1.54, 1.807) is 38.4 Å². The van der Waals surface area contributed by atoms with Crippen molar-refractivity contribution >= 4 is 9.84 Å². The predicted molar refractivity (Wildman–Crippen MR) is 52.1 cm³/mol. The van der Waals surface area contributed by atoms with Gasteiger partial charge in [0, 0.05) is 18.1 Å². The molecule has 0 aliphatic rings. The maximum atomic E-state index is 11.5. The number of rotatable bonds is 3. The van der Waals surface area contributed by atoms with Gasteiger partial charge in [-0.2, -0.15) is 0 Å². The lowest BCUT2D eigenvalue weighted by molar-refractivity contribution is 0.587. The summed E-state index contributed by atoms with van der Waals surface area (Å²) in [4.78, 5) is 3.89. The predicted octanol–water partition coefficient (Wildman–Crippen LogP) is 1.58. The fourth-order valence-electron chi connectivity index (χ4n) is 1.07. The van der Waals surface area contributed by atoms with E-state index in [0.717, 1.165) is 5.56 Å². The summed E-state index contributed by atoms with van der Waals surface area (Å²) in [5, 5.41) is -0.453. The average Bonchev–Trinajstić information content (AvgIpc) is 2.18. The van der Waals surface area contributed by atoms with E-state index in [1.165, 1.54) is 0 Å². The SMILES string of the molecule is CCS(=O)(=O)C(C)c1cccnc1. The highest BCUT2D eigenvalue weighted by Gasteiger charge is 2.19. The van der Waals surface area contributed by atoms with Crippen LogP contribution in [-0.4, -0.2) is 19.2 Å². The Morgan fingerprint density at radius 2 is 2.23 bits per heavy atom. The molecule has 1 aromatic heterocycles. The van der Waals surface area contributed by atoms with Gasteiger partial charge in [0.05, 0.1) is 5.25 Å². The summed E-state index contributed by atoms with van der Waals surface area (Å²) in [5.41, 5.74) is 0.754. The molecule has 1 atom stereocenters. The number of hydrogen-bond donors (Lipinski definition) is 0. The summed E-state index contributed by atoms with van der Waals surface area (Å²) < 4.78 is 22.9. The zero-order chi connectivity index (χ0) is 9.90. The van der Waals surface area contributed by atoms with Crippen molar-refractivity contribution in [3.05, 3.63) is 30.1 Å². The van der Waals surface area contributed by atoms with Crippen molar-refractivity contribution < 1.29 is 8.42 Å². The monoisotopic (exact) mass is 199 g/mol. The molecule has 0 aliphatic heterocycles. The van der Waals surface area contributed by atoms with Gasteiger partial charge in [-0.15, -0.1) is 0 Å². The van der Waals surface area contributed by atoms with Gasteiger partial charge in [0.25, 0.3) is 0 Å². The van der Waals surface area contributed by atoms with Crippen molar-refractivity contribution in [2.24, 2.45) is 0 Å². The standard InChI is InChI=1S/C9H13NO2S/c1-3-13(11,12)8(2)9-5-4-6-10-7-9/h4-8H,3H2,1-2H3. The molecular formula is C9H13NO2S. The van der Waals surface area contributed by atoms with E-state index in [4.69, 9.17) is 0 Å². The second-order valence-corrected chi connectivity index (χ2v) is 5.49. The third-order valence-electron chi connectivity index (χ3n) is 2.09. The lowest BCUT2D eigenvalue weighted by Gasteiger charge is -2.10. The van der Waals surface area contributed by atoms with Crippen LogP contribution in [0.4, 0.5) is 0 Å². The van der Waals surface area contributed by atoms with Crippen molar-refractivity contribution in [2.45, 2.75) is 19.1 Å². The maximum Gasteiger partial charge on any atom is 0.156 e. The quantitative estimate of drug-likeness (QED) is 0.742. The Morgan fingerprint density at radius 3 is 2.69 bits per heavy atom. The van der Waals surface area contributed by atoms with Gasteiger partial charge >= 0.3 is 0 Å². The molecule has 0 aromatic carbocycles. The summed E-state index contributed by atoms with van der Waals surface area (Å²) in [7, 11) is -2.99. The topological polar surface area (TPSA) is 47.0 Å². The number of aromatic nitrogens is 1. The van der Waals surface area contributed by atoms with E-state index in [1.807, 2.05) is 0 Å². The molecule has 0 N–H and O–H groups in total. The van der Waals surface area contributed by atoms with E-state index in [0.29, 0.717) is 0 Å². The zero-order valence-corrected chi connectivity index (χ0v) is 8.58. The summed E-state index contributed by atoms with van der Waals surface area (Å²) >= 11 is 0. The Morgan fingerprint density at radius 1 is 1.54 bits per heavy atom. The van der Waals surface area contributed by atoms with Crippen LogP contribution in [0, 0.1) is 0 Å². The van der Waals surface area contributed by atoms with E-state index < -0.39 is 15.1 Å². The largest absolute Gasteiger partial charge is 0.264 e. The maximum absolute atomic E-state index is 11.5. The third kappa shape index (κ3) is 2.28. The molecule has 0 fully saturated rings. The highest BCUT2D eigenvalue weighted by Crippen LogP contribution is 2.20. The average molecular weight is 199 g/mol. The van der Waals surface area contributed by atoms with Crippen LogP contribution >= 0.6 is 0 Å². The fraction of sp³-hybridized carbons (Fsp3) is 0.444. The molecule has 4 heteroatoms. The van der Waals surface area contributed by atoms with Gasteiger partial charge in [-0.05, 0) is 18.6 Å². The Labute approximate surface area is 78.7 Å². The van der Waals surface area contributed by atoms with Crippen LogP contribution in [0.2, 0.25) is 0 Å². The second kappa shape index (κ2) is 3.87. The van der Waals surface area contributed by atoms with Gasteiger partial charge in [0.15, 0.2) is 9.84 Å². The van der Waals surface area contributed by atoms with Crippen molar-refractivity contribution in [1.29, 1.82) is 0 Å². The lowest BCUT2D eigenvalue weighted by atomic mass is 10.2. The van der Waals surface area contributed by atoms with Gasteiger partial charge in [-0.3, -0.25) is 4.98 Å². The van der Waals surface area contributed by atoms with Gasteiger partial charge in [0.2, 0.25) is 0 Å². The van der Waals surface area contributed by atoms with Crippen LogP contribution in [0.25, 0.3) is 0 Å².